The maximum absolute atomic E-state index is 14.1. The summed E-state index contributed by atoms with van der Waals surface area (Å²) in [5.41, 5.74) is 0.891. The topological polar surface area (TPSA) is 105 Å². The van der Waals surface area contributed by atoms with Crippen LogP contribution in [0.5, 0.6) is 11.5 Å². The van der Waals surface area contributed by atoms with Gasteiger partial charge in [-0.05, 0) is 74.4 Å². The first-order valence-electron chi connectivity index (χ1n) is 13.3. The highest BCUT2D eigenvalue weighted by Crippen LogP contribution is 2.32. The molecule has 0 aromatic heterocycles. The van der Waals surface area contributed by atoms with E-state index in [9.17, 15) is 18.0 Å². The summed E-state index contributed by atoms with van der Waals surface area (Å²) in [6.45, 7) is 4.84. The van der Waals surface area contributed by atoms with E-state index in [4.69, 9.17) is 32.7 Å². The Morgan fingerprint density at radius 3 is 2.17 bits per heavy atom. The molecule has 3 aromatic carbocycles. The zero-order valence-corrected chi connectivity index (χ0v) is 26.5. The lowest BCUT2D eigenvalue weighted by atomic mass is 10.1. The maximum atomic E-state index is 14.1. The standard InChI is InChI=1S/C30H35Cl2N3O6S/c1-6-20(2)33-30(37)21(3)34(18-22-8-7-9-24(32)16-22)29(36)19-35(25-12-10-23(31)11-13-25)42(38,39)26-14-15-27(40-4)28(17-26)41-5/h7-17,20-21H,6,18-19H2,1-5H3,(H,33,37)/t20-,21-/m1/s1. The lowest BCUT2D eigenvalue weighted by Crippen LogP contribution is -2.52. The van der Waals surface area contributed by atoms with Gasteiger partial charge < -0.3 is 19.7 Å². The van der Waals surface area contributed by atoms with Crippen molar-refractivity contribution in [3.63, 3.8) is 0 Å². The Bertz CT molecular complexity index is 1500. The number of benzene rings is 3. The Morgan fingerprint density at radius 1 is 0.905 bits per heavy atom. The van der Waals surface area contributed by atoms with Gasteiger partial charge in [0.15, 0.2) is 11.5 Å². The molecule has 0 saturated heterocycles. The van der Waals surface area contributed by atoms with Crippen LogP contribution in [0, 0.1) is 0 Å². The van der Waals surface area contributed by atoms with Crippen LogP contribution in [0.4, 0.5) is 5.69 Å². The van der Waals surface area contributed by atoms with Gasteiger partial charge in [-0.25, -0.2) is 8.42 Å². The van der Waals surface area contributed by atoms with E-state index in [0.717, 1.165) is 4.31 Å². The van der Waals surface area contributed by atoms with Crippen molar-refractivity contribution in [3.8, 4) is 11.5 Å². The van der Waals surface area contributed by atoms with Crippen molar-refractivity contribution in [2.75, 3.05) is 25.1 Å². The number of nitrogens with zero attached hydrogens (tertiary/aromatic N) is 2. The van der Waals surface area contributed by atoms with Gasteiger partial charge in [0.2, 0.25) is 11.8 Å². The van der Waals surface area contributed by atoms with Crippen LogP contribution in [0.3, 0.4) is 0 Å². The molecular weight excluding hydrogens is 601 g/mol. The van der Waals surface area contributed by atoms with Crippen molar-refractivity contribution in [1.82, 2.24) is 10.2 Å². The monoisotopic (exact) mass is 635 g/mol. The van der Waals surface area contributed by atoms with Gasteiger partial charge >= 0.3 is 0 Å². The predicted molar refractivity (Wildman–Crippen MR) is 165 cm³/mol. The quantitative estimate of drug-likeness (QED) is 0.264. The van der Waals surface area contributed by atoms with Gasteiger partial charge in [0, 0.05) is 28.7 Å². The third-order valence-electron chi connectivity index (χ3n) is 6.75. The second-order valence-corrected chi connectivity index (χ2v) is 12.4. The summed E-state index contributed by atoms with van der Waals surface area (Å²) in [6.07, 6.45) is 0.703. The Labute approximate surface area is 257 Å². The van der Waals surface area contributed by atoms with Crippen LogP contribution in [-0.2, 0) is 26.2 Å². The molecule has 0 spiro atoms. The predicted octanol–water partition coefficient (Wildman–Crippen LogP) is 5.54. The van der Waals surface area contributed by atoms with Gasteiger partial charge in [0.05, 0.1) is 24.8 Å². The molecule has 2 amide bonds. The Balaban J connectivity index is 2.06. The first kappa shape index (κ1) is 33.0. The van der Waals surface area contributed by atoms with Gasteiger partial charge in [-0.2, -0.15) is 0 Å². The summed E-state index contributed by atoms with van der Waals surface area (Å²) < 4.78 is 39.7. The second kappa shape index (κ2) is 14.6. The fourth-order valence-corrected chi connectivity index (χ4v) is 5.89. The molecule has 226 valence electrons. The molecule has 0 heterocycles. The van der Waals surface area contributed by atoms with E-state index in [1.165, 1.54) is 61.6 Å². The Morgan fingerprint density at radius 2 is 1.57 bits per heavy atom. The third kappa shape index (κ3) is 8.08. The first-order chi connectivity index (χ1) is 19.9. The molecule has 3 aromatic rings. The number of carbonyl (C=O) groups excluding carboxylic acids is 2. The van der Waals surface area contributed by atoms with Crippen LogP contribution >= 0.6 is 23.2 Å². The fourth-order valence-electron chi connectivity index (χ4n) is 4.12. The van der Waals surface area contributed by atoms with E-state index < -0.39 is 28.5 Å². The summed E-state index contributed by atoms with van der Waals surface area (Å²) in [6, 6.07) is 16.1. The smallest absolute Gasteiger partial charge is 0.264 e. The molecule has 0 aliphatic rings. The molecule has 2 atom stereocenters. The molecule has 9 nitrogen and oxygen atoms in total. The summed E-state index contributed by atoms with van der Waals surface area (Å²) in [5, 5.41) is 3.76. The number of methoxy groups -OCH3 is 2. The normalized spacial score (nSPS) is 12.6. The summed E-state index contributed by atoms with van der Waals surface area (Å²) >= 11 is 12.3. The van der Waals surface area contributed by atoms with E-state index in [2.05, 4.69) is 5.32 Å². The first-order valence-corrected chi connectivity index (χ1v) is 15.5. The van der Waals surface area contributed by atoms with Crippen LogP contribution in [-0.4, -0.2) is 58.0 Å². The molecule has 0 aliphatic carbocycles. The highest BCUT2D eigenvalue weighted by molar-refractivity contribution is 7.92. The number of halogens is 2. The van der Waals surface area contributed by atoms with Crippen molar-refractivity contribution in [2.45, 2.75) is 50.7 Å². The van der Waals surface area contributed by atoms with Crippen molar-refractivity contribution in [3.05, 3.63) is 82.3 Å². The van der Waals surface area contributed by atoms with Crippen molar-refractivity contribution < 1.29 is 27.5 Å². The van der Waals surface area contributed by atoms with E-state index in [1.807, 2.05) is 13.8 Å². The van der Waals surface area contributed by atoms with Crippen molar-refractivity contribution in [2.24, 2.45) is 0 Å². The molecule has 1 N–H and O–H groups in total. The number of hydrogen-bond donors (Lipinski definition) is 1. The largest absolute Gasteiger partial charge is 0.493 e. The van der Waals surface area contributed by atoms with Gasteiger partial charge in [0.1, 0.15) is 12.6 Å². The molecule has 0 unspecified atom stereocenters. The Hall–Kier alpha value is -3.47. The molecule has 0 fully saturated rings. The number of ether oxygens (including phenoxy) is 2. The van der Waals surface area contributed by atoms with E-state index in [1.54, 1.807) is 31.2 Å². The molecule has 0 radical (unpaired) electrons. The minimum Gasteiger partial charge on any atom is -0.493 e. The number of carbonyl (C=O) groups is 2. The summed E-state index contributed by atoms with van der Waals surface area (Å²) in [7, 11) is -1.48. The molecule has 0 bridgehead atoms. The highest BCUT2D eigenvalue weighted by Gasteiger charge is 2.33. The molecule has 0 saturated carbocycles. The van der Waals surface area contributed by atoms with Crippen LogP contribution in [0.1, 0.15) is 32.8 Å². The van der Waals surface area contributed by atoms with Gasteiger partial charge in [-0.3, -0.25) is 13.9 Å². The number of amides is 2. The average molecular weight is 637 g/mol. The van der Waals surface area contributed by atoms with E-state index >= 15 is 0 Å². The molecule has 0 aliphatic heterocycles. The highest BCUT2D eigenvalue weighted by atomic mass is 35.5. The molecule has 12 heteroatoms. The second-order valence-electron chi connectivity index (χ2n) is 9.65. The summed E-state index contributed by atoms with van der Waals surface area (Å²) in [4.78, 5) is 28.4. The number of nitrogens with one attached hydrogen (secondary N) is 1. The average Bonchev–Trinajstić information content (AvgIpc) is 2.98. The fraction of sp³-hybridized carbons (Fsp3) is 0.333. The van der Waals surface area contributed by atoms with Crippen LogP contribution < -0.4 is 19.1 Å². The number of rotatable bonds is 13. The van der Waals surface area contributed by atoms with Gasteiger partial charge in [-0.1, -0.05) is 42.3 Å². The SMILES string of the molecule is CC[C@@H](C)NC(=O)[C@@H](C)N(Cc1cccc(Cl)c1)C(=O)CN(c1ccc(Cl)cc1)S(=O)(=O)c1ccc(OC)c(OC)c1. The molecule has 3 rings (SSSR count). The Kier molecular flexibility index (Phi) is 11.5. The van der Waals surface area contributed by atoms with Crippen molar-refractivity contribution >= 4 is 50.7 Å². The van der Waals surface area contributed by atoms with Gasteiger partial charge in [-0.15, -0.1) is 0 Å². The zero-order valence-electron chi connectivity index (χ0n) is 24.1. The number of hydrogen-bond acceptors (Lipinski definition) is 6. The van der Waals surface area contributed by atoms with Crippen LogP contribution in [0.2, 0.25) is 10.0 Å². The molecular formula is C30H35Cl2N3O6S. The maximum Gasteiger partial charge on any atom is 0.264 e. The summed E-state index contributed by atoms with van der Waals surface area (Å²) in [5.74, 6) is -0.403. The minimum atomic E-state index is -4.32. The van der Waals surface area contributed by atoms with Crippen molar-refractivity contribution in [1.29, 1.82) is 0 Å². The van der Waals surface area contributed by atoms with Crippen LogP contribution in [0.15, 0.2) is 71.6 Å². The number of anilines is 1. The lowest BCUT2D eigenvalue weighted by molar-refractivity contribution is -0.139. The van der Waals surface area contributed by atoms with E-state index in [-0.39, 0.29) is 34.8 Å². The molecule has 42 heavy (non-hydrogen) atoms. The minimum absolute atomic E-state index is 0.0271. The van der Waals surface area contributed by atoms with E-state index in [0.29, 0.717) is 27.8 Å². The lowest BCUT2D eigenvalue weighted by Gasteiger charge is -2.32. The van der Waals surface area contributed by atoms with Gasteiger partial charge in [0.25, 0.3) is 10.0 Å². The third-order valence-corrected chi connectivity index (χ3v) is 9.00. The zero-order chi connectivity index (χ0) is 31.0. The van der Waals surface area contributed by atoms with Crippen LogP contribution in [0.25, 0.3) is 0 Å². The number of sulfonamides is 1.